The average molecular weight is 1370 g/mol. The van der Waals surface area contributed by atoms with E-state index in [1.807, 2.05) is 53.8 Å². The molecule has 5 heterocycles. The summed E-state index contributed by atoms with van der Waals surface area (Å²) in [5.41, 5.74) is 25.5. The molecule has 6 nitrogen and oxygen atoms in total. The molecule has 0 amide bonds. The third-order valence-electron chi connectivity index (χ3n) is 20.7. The first kappa shape index (κ1) is 62.0. The van der Waals surface area contributed by atoms with Gasteiger partial charge in [-0.25, -0.2) is 15.0 Å². The number of aromatic nitrogens is 5. The van der Waals surface area contributed by atoms with Gasteiger partial charge in [-0.1, -0.05) is 315 Å². The number of nitrogens with zero attached hydrogens (tertiary/aromatic N) is 5. The maximum absolute atomic E-state index is 6.91. The topological polar surface area (TPSA) is 61.7 Å². The Labute approximate surface area is 616 Å². The first-order valence-electron chi connectivity index (χ1n) is 35.9. The Morgan fingerprint density at radius 1 is 0.208 bits per heavy atom. The van der Waals surface area contributed by atoms with Gasteiger partial charge in [-0.15, -0.1) is 11.3 Å². The molecule has 0 unspecified atom stereocenters. The van der Waals surface area contributed by atoms with E-state index in [0.717, 1.165) is 77.7 Å². The largest absolute Gasteiger partial charge is 0.455 e. The van der Waals surface area contributed by atoms with E-state index in [-0.39, 0.29) is 0 Å². The van der Waals surface area contributed by atoms with Crippen molar-refractivity contribution in [3.05, 3.63) is 382 Å². The molecule has 0 bridgehead atoms. The second-order valence-corrected chi connectivity index (χ2v) is 27.9. The van der Waals surface area contributed by atoms with Gasteiger partial charge in [0.25, 0.3) is 0 Å². The van der Waals surface area contributed by atoms with Gasteiger partial charge in [-0.05, 0) is 122 Å². The Hall–Kier alpha value is -13.9. The van der Waals surface area contributed by atoms with Gasteiger partial charge in [0, 0.05) is 91.7 Å². The van der Waals surface area contributed by atoms with Gasteiger partial charge in [0.1, 0.15) is 11.2 Å². The number of thiophene rings is 1. The third kappa shape index (κ3) is 10.8. The quantitative estimate of drug-likeness (QED) is 0.129. The van der Waals surface area contributed by atoms with Crippen molar-refractivity contribution in [1.82, 2.24) is 24.1 Å². The van der Waals surface area contributed by atoms with Gasteiger partial charge in [0.15, 0.2) is 17.5 Å². The van der Waals surface area contributed by atoms with Crippen molar-refractivity contribution in [2.75, 3.05) is 0 Å². The summed E-state index contributed by atoms with van der Waals surface area (Å²) >= 11 is 1.91. The highest BCUT2D eigenvalue weighted by molar-refractivity contribution is 7.26. The molecule has 106 heavy (non-hydrogen) atoms. The van der Waals surface area contributed by atoms with Crippen molar-refractivity contribution >= 4 is 97.1 Å². The molecule has 0 fully saturated rings. The molecule has 0 N–H and O–H groups in total. The molecule has 0 aliphatic rings. The minimum atomic E-state index is 0.605. The Kier molecular flexibility index (Phi) is 15.3. The molecule has 0 radical (unpaired) electrons. The van der Waals surface area contributed by atoms with Crippen LogP contribution < -0.4 is 0 Å². The van der Waals surface area contributed by atoms with Crippen LogP contribution in [-0.4, -0.2) is 24.1 Å². The zero-order valence-corrected chi connectivity index (χ0v) is 58.2. The summed E-state index contributed by atoms with van der Waals surface area (Å²) in [6, 6.07) is 136. The minimum absolute atomic E-state index is 0.605. The first-order valence-corrected chi connectivity index (χ1v) is 36.7. The number of rotatable bonds is 11. The Morgan fingerprint density at radius 2 is 0.575 bits per heavy atom. The SMILES string of the molecule is c1ccc(-c2ccc(-c3nc(-c4ccccc4)nc(-c4cccc(-c5cccc6c5oc5c(-c7ccccc7)cc(-c7ccccc7)cc56)c4)n3)cc2)cc1.c1ccc(-c2cccc3c2sc2c(-c4cccc(-n5c6ccccc6c6c7c8ccccc8n(-c8ccccc8)c7ccc65)c4)cccc23)cc1. The van der Waals surface area contributed by atoms with Gasteiger partial charge in [-0.3, -0.25) is 0 Å². The highest BCUT2D eigenvalue weighted by atomic mass is 32.1. The fourth-order valence-corrected chi connectivity index (χ4v) is 17.1. The van der Waals surface area contributed by atoms with E-state index in [4.69, 9.17) is 19.4 Å². The molecular weight excluding hydrogens is 1310 g/mol. The lowest BCUT2D eigenvalue weighted by Gasteiger charge is -2.11. The van der Waals surface area contributed by atoms with Gasteiger partial charge >= 0.3 is 0 Å². The summed E-state index contributed by atoms with van der Waals surface area (Å²) in [6.07, 6.45) is 0. The zero-order chi connectivity index (χ0) is 70.0. The van der Waals surface area contributed by atoms with E-state index in [1.54, 1.807) is 0 Å². The highest BCUT2D eigenvalue weighted by Crippen LogP contribution is 2.48. The predicted octanol–water partition coefficient (Wildman–Crippen LogP) is 27.0. The Balaban J connectivity index is 0.000000141. The van der Waals surface area contributed by atoms with Crippen molar-refractivity contribution in [3.8, 4) is 112 Å². The Morgan fingerprint density at radius 3 is 1.16 bits per heavy atom. The molecule has 21 rings (SSSR count). The minimum Gasteiger partial charge on any atom is -0.455 e. The van der Waals surface area contributed by atoms with Gasteiger partial charge < -0.3 is 13.6 Å². The summed E-state index contributed by atoms with van der Waals surface area (Å²) in [5.74, 6) is 1.85. The number of hydrogen-bond donors (Lipinski definition) is 0. The van der Waals surface area contributed by atoms with Crippen LogP contribution in [0.5, 0.6) is 0 Å². The Bertz CT molecular complexity index is 6910. The van der Waals surface area contributed by atoms with Crippen LogP contribution in [0.2, 0.25) is 0 Å². The zero-order valence-electron chi connectivity index (χ0n) is 57.4. The molecule has 0 atom stereocenters. The summed E-state index contributed by atoms with van der Waals surface area (Å²) in [6.45, 7) is 0. The summed E-state index contributed by atoms with van der Waals surface area (Å²) in [4.78, 5) is 15.1. The third-order valence-corrected chi connectivity index (χ3v) is 21.9. The highest BCUT2D eigenvalue weighted by Gasteiger charge is 2.24. The fraction of sp³-hybridized carbons (Fsp3) is 0. The normalized spacial score (nSPS) is 11.6. The van der Waals surface area contributed by atoms with Crippen LogP contribution >= 0.6 is 11.3 Å². The summed E-state index contributed by atoms with van der Waals surface area (Å²) < 4.78 is 14.4. The second kappa shape index (κ2) is 26.2. The monoisotopic (exact) mass is 1370 g/mol. The lowest BCUT2D eigenvalue weighted by atomic mass is 9.95. The molecule has 16 aromatic carbocycles. The summed E-state index contributed by atoms with van der Waals surface area (Å²) in [5, 5.41) is 9.90. The predicted molar refractivity (Wildman–Crippen MR) is 444 cm³/mol. The number of hydrogen-bond acceptors (Lipinski definition) is 5. The molecule has 496 valence electrons. The number of benzene rings is 16. The van der Waals surface area contributed by atoms with E-state index < -0.39 is 0 Å². The lowest BCUT2D eigenvalue weighted by molar-refractivity contribution is 0.671. The second-order valence-electron chi connectivity index (χ2n) is 26.9. The van der Waals surface area contributed by atoms with Gasteiger partial charge in [0.2, 0.25) is 0 Å². The van der Waals surface area contributed by atoms with Crippen LogP contribution in [0.15, 0.2) is 387 Å². The first-order chi connectivity index (χ1) is 52.6. The van der Waals surface area contributed by atoms with Crippen molar-refractivity contribution in [3.63, 3.8) is 0 Å². The molecule has 0 saturated carbocycles. The van der Waals surface area contributed by atoms with Crippen molar-refractivity contribution in [1.29, 1.82) is 0 Å². The van der Waals surface area contributed by atoms with Crippen LogP contribution in [0, 0.1) is 0 Å². The molecule has 0 saturated heterocycles. The van der Waals surface area contributed by atoms with Crippen LogP contribution in [0.3, 0.4) is 0 Å². The van der Waals surface area contributed by atoms with E-state index in [1.165, 1.54) is 103 Å². The molecular formula is C99H63N5OS. The van der Waals surface area contributed by atoms with Crippen LogP contribution in [0.4, 0.5) is 0 Å². The van der Waals surface area contributed by atoms with E-state index in [0.29, 0.717) is 17.5 Å². The molecule has 0 aliphatic carbocycles. The van der Waals surface area contributed by atoms with Crippen LogP contribution in [0.25, 0.3) is 198 Å². The number of furan rings is 1. The van der Waals surface area contributed by atoms with Crippen LogP contribution in [-0.2, 0) is 0 Å². The maximum atomic E-state index is 6.91. The van der Waals surface area contributed by atoms with Crippen molar-refractivity contribution in [2.24, 2.45) is 0 Å². The molecule has 7 heteroatoms. The fourth-order valence-electron chi connectivity index (χ4n) is 15.7. The standard InChI is InChI=1S/C51H33N3O.C48H30N2S/c1-5-15-34(16-6-1)36-27-29-39(30-28-36)50-52-49(38-21-11-4-12-22-38)53-51(54-50)41-24-13-23-40(31-41)43-25-14-26-44-46-33-42(35-17-7-2-8-18-35)32-45(48(46)55-47(43)44)37-19-9-3-10-20-37;1-3-14-31(15-4-1)35-22-12-24-37-38-25-13-23-36(48(38)51-47(35)37)32-16-11-19-34(30-32)50-42-27-10-8-21-40(42)46-44(50)29-28-43-45(46)39-20-7-9-26-41(39)49(43)33-17-5-2-6-18-33/h1-33H;1-30H. The van der Waals surface area contributed by atoms with E-state index in [2.05, 4.69) is 349 Å². The molecule has 5 aromatic heterocycles. The molecule has 0 aliphatic heterocycles. The number of para-hydroxylation sites is 4. The van der Waals surface area contributed by atoms with Crippen molar-refractivity contribution < 1.29 is 4.42 Å². The smallest absolute Gasteiger partial charge is 0.164 e. The van der Waals surface area contributed by atoms with Gasteiger partial charge in [-0.2, -0.15) is 0 Å². The lowest BCUT2D eigenvalue weighted by Crippen LogP contribution is -2.00. The number of fused-ring (bicyclic) bond motifs is 13. The summed E-state index contributed by atoms with van der Waals surface area (Å²) in [7, 11) is 0. The molecule has 0 spiro atoms. The van der Waals surface area contributed by atoms with Gasteiger partial charge in [0.05, 0.1) is 22.1 Å². The van der Waals surface area contributed by atoms with Crippen molar-refractivity contribution in [2.45, 2.75) is 0 Å². The maximum Gasteiger partial charge on any atom is 0.164 e. The van der Waals surface area contributed by atoms with Crippen LogP contribution in [0.1, 0.15) is 0 Å². The average Bonchev–Trinajstić information content (AvgIpc) is 1.55. The molecule has 21 aromatic rings. The van der Waals surface area contributed by atoms with E-state index >= 15 is 0 Å². The van der Waals surface area contributed by atoms with E-state index in [9.17, 15) is 0 Å².